The molecule has 0 spiro atoms. The Morgan fingerprint density at radius 2 is 2.21 bits per heavy atom. The lowest BCUT2D eigenvalue weighted by Gasteiger charge is -2.18. The smallest absolute Gasteiger partial charge is 0.0638 e. The van der Waals surface area contributed by atoms with Crippen molar-refractivity contribution >= 4 is 33.2 Å². The Balaban J connectivity index is 2.97. The summed E-state index contributed by atoms with van der Waals surface area (Å²) in [4.78, 5) is 5.02. The van der Waals surface area contributed by atoms with Crippen molar-refractivity contribution in [1.29, 1.82) is 0 Å². The highest BCUT2D eigenvalue weighted by Crippen LogP contribution is 2.26. The first-order chi connectivity index (χ1) is 6.56. The van der Waals surface area contributed by atoms with E-state index in [0.717, 1.165) is 15.7 Å². The molecule has 0 saturated heterocycles. The van der Waals surface area contributed by atoms with E-state index in [1.54, 1.807) is 19.2 Å². The predicted octanol–water partition coefficient (Wildman–Crippen LogP) is 3.57. The second kappa shape index (κ2) is 4.82. The Morgan fingerprint density at radius 3 is 2.71 bits per heavy atom. The molecule has 0 atom stereocenters. The molecule has 0 unspecified atom stereocenters. The van der Waals surface area contributed by atoms with Gasteiger partial charge in [0.25, 0.3) is 0 Å². The fourth-order valence-electron chi connectivity index (χ4n) is 0.968. The van der Waals surface area contributed by atoms with Crippen LogP contribution >= 0.6 is 27.5 Å². The maximum absolute atomic E-state index is 5.88. The van der Waals surface area contributed by atoms with Crippen LogP contribution in [0.25, 0.3) is 5.70 Å². The fraction of sp³-hybridized carbons (Fsp3) is 0.200. The third-order valence-corrected chi connectivity index (χ3v) is 3.12. The minimum absolute atomic E-state index is 0.682. The number of halogens is 2. The van der Waals surface area contributed by atoms with Crippen LogP contribution in [0.5, 0.6) is 0 Å². The topological polar surface area (TPSA) is 12.5 Å². The Morgan fingerprint density at radius 1 is 1.57 bits per heavy atom. The molecule has 1 rings (SSSR count). The number of benzene rings is 1. The van der Waals surface area contributed by atoms with Crippen LogP contribution in [0.1, 0.15) is 5.56 Å². The molecule has 0 amide bonds. The fourth-order valence-corrected chi connectivity index (χ4v) is 1.46. The summed E-state index contributed by atoms with van der Waals surface area (Å²) in [7, 11) is 3.39. The van der Waals surface area contributed by atoms with Gasteiger partial charge >= 0.3 is 0 Å². The van der Waals surface area contributed by atoms with E-state index in [0.29, 0.717) is 5.02 Å². The average Bonchev–Trinajstić information content (AvgIpc) is 2.20. The van der Waals surface area contributed by atoms with Crippen molar-refractivity contribution in [3.05, 3.63) is 39.8 Å². The van der Waals surface area contributed by atoms with Crippen molar-refractivity contribution in [2.45, 2.75) is 0 Å². The molecule has 0 aromatic heterocycles. The van der Waals surface area contributed by atoms with Gasteiger partial charge in [-0.3, -0.25) is 9.90 Å². The zero-order valence-electron chi connectivity index (χ0n) is 8.05. The Labute approximate surface area is 97.2 Å². The van der Waals surface area contributed by atoms with Crippen molar-refractivity contribution in [3.63, 3.8) is 0 Å². The lowest BCUT2D eigenvalue weighted by molar-refractivity contribution is -0.0524. The second-order valence-corrected chi connectivity index (χ2v) is 4.02. The van der Waals surface area contributed by atoms with Gasteiger partial charge in [0.15, 0.2) is 0 Å². The molecule has 2 nitrogen and oxygen atoms in total. The van der Waals surface area contributed by atoms with E-state index in [2.05, 4.69) is 22.5 Å². The van der Waals surface area contributed by atoms with Crippen LogP contribution < -0.4 is 0 Å². The summed E-state index contributed by atoms with van der Waals surface area (Å²) in [5, 5.41) is 2.27. The number of nitrogens with zero attached hydrogens (tertiary/aromatic N) is 1. The van der Waals surface area contributed by atoms with E-state index in [1.165, 1.54) is 0 Å². The zero-order chi connectivity index (χ0) is 10.7. The molecule has 76 valence electrons. The van der Waals surface area contributed by atoms with Gasteiger partial charge in [0.05, 0.1) is 17.8 Å². The summed E-state index contributed by atoms with van der Waals surface area (Å²) in [6.07, 6.45) is 0. The molecule has 0 bridgehead atoms. The first kappa shape index (κ1) is 11.6. The Bertz CT molecular complexity index is 354. The highest BCUT2D eigenvalue weighted by Gasteiger charge is 2.06. The summed E-state index contributed by atoms with van der Waals surface area (Å²) in [6, 6.07) is 5.61. The van der Waals surface area contributed by atoms with Crippen molar-refractivity contribution in [3.8, 4) is 0 Å². The van der Waals surface area contributed by atoms with E-state index < -0.39 is 0 Å². The SMILES string of the molecule is C=C(c1ccc(Cl)c(Br)c1)N(C)OC. The van der Waals surface area contributed by atoms with Gasteiger partial charge in [-0.1, -0.05) is 24.2 Å². The molecule has 4 heteroatoms. The maximum atomic E-state index is 5.88. The highest BCUT2D eigenvalue weighted by atomic mass is 79.9. The predicted molar refractivity (Wildman–Crippen MR) is 63.0 cm³/mol. The third kappa shape index (κ3) is 2.50. The van der Waals surface area contributed by atoms with Gasteiger partial charge in [0.2, 0.25) is 0 Å². The van der Waals surface area contributed by atoms with Crippen LogP contribution in [0.4, 0.5) is 0 Å². The first-order valence-corrected chi connectivity index (χ1v) is 5.15. The monoisotopic (exact) mass is 275 g/mol. The van der Waals surface area contributed by atoms with E-state index >= 15 is 0 Å². The maximum Gasteiger partial charge on any atom is 0.0638 e. The van der Waals surface area contributed by atoms with Crippen molar-refractivity contribution in [2.24, 2.45) is 0 Å². The quantitative estimate of drug-likeness (QED) is 0.783. The number of hydrogen-bond acceptors (Lipinski definition) is 2. The number of rotatable bonds is 3. The van der Waals surface area contributed by atoms with Gasteiger partial charge in [-0.05, 0) is 28.1 Å². The van der Waals surface area contributed by atoms with Gasteiger partial charge < -0.3 is 0 Å². The normalized spacial score (nSPS) is 10.0. The third-order valence-electron chi connectivity index (χ3n) is 1.91. The van der Waals surface area contributed by atoms with Crippen molar-refractivity contribution < 1.29 is 4.84 Å². The van der Waals surface area contributed by atoms with Gasteiger partial charge in [-0.15, -0.1) is 0 Å². The molecule has 0 saturated carbocycles. The average molecular weight is 277 g/mol. The zero-order valence-corrected chi connectivity index (χ0v) is 10.4. The van der Waals surface area contributed by atoms with Crippen LogP contribution in [0.15, 0.2) is 29.3 Å². The van der Waals surface area contributed by atoms with Crippen LogP contribution in [0.3, 0.4) is 0 Å². The number of hydroxylamine groups is 2. The molecule has 0 aliphatic rings. The van der Waals surface area contributed by atoms with Gasteiger partial charge in [0, 0.05) is 17.1 Å². The van der Waals surface area contributed by atoms with Crippen LogP contribution in [-0.4, -0.2) is 19.2 Å². The van der Waals surface area contributed by atoms with E-state index in [4.69, 9.17) is 16.4 Å². The van der Waals surface area contributed by atoms with Crippen LogP contribution in [0, 0.1) is 0 Å². The molecule has 1 aromatic carbocycles. The second-order valence-electron chi connectivity index (χ2n) is 2.76. The standard InChI is InChI=1S/C10H11BrClNO/c1-7(13(2)14-3)8-4-5-10(12)9(11)6-8/h4-6H,1H2,2-3H3. The molecule has 0 radical (unpaired) electrons. The summed E-state index contributed by atoms with van der Waals surface area (Å²) in [5.41, 5.74) is 1.75. The van der Waals surface area contributed by atoms with Crippen molar-refractivity contribution in [2.75, 3.05) is 14.2 Å². The summed E-state index contributed by atoms with van der Waals surface area (Å²) < 4.78 is 0.849. The van der Waals surface area contributed by atoms with Gasteiger partial charge in [0.1, 0.15) is 0 Å². The molecule has 0 N–H and O–H groups in total. The molecule has 14 heavy (non-hydrogen) atoms. The van der Waals surface area contributed by atoms with E-state index in [-0.39, 0.29) is 0 Å². The molecule has 1 aromatic rings. The molecule has 0 aliphatic carbocycles. The number of hydrogen-bond donors (Lipinski definition) is 0. The van der Waals surface area contributed by atoms with Gasteiger partial charge in [-0.25, -0.2) is 0 Å². The van der Waals surface area contributed by atoms with Crippen LogP contribution in [0.2, 0.25) is 5.02 Å². The molecule has 0 aliphatic heterocycles. The molecule has 0 heterocycles. The van der Waals surface area contributed by atoms with Crippen molar-refractivity contribution in [1.82, 2.24) is 5.06 Å². The summed E-state index contributed by atoms with van der Waals surface area (Å²) >= 11 is 9.23. The van der Waals surface area contributed by atoms with E-state index in [1.807, 2.05) is 18.2 Å². The minimum Gasteiger partial charge on any atom is -0.277 e. The lowest BCUT2D eigenvalue weighted by atomic mass is 10.2. The Kier molecular flexibility index (Phi) is 3.98. The largest absolute Gasteiger partial charge is 0.277 e. The summed E-state index contributed by atoms with van der Waals surface area (Å²) in [5.74, 6) is 0. The first-order valence-electron chi connectivity index (χ1n) is 3.98. The summed E-state index contributed by atoms with van der Waals surface area (Å²) in [6.45, 7) is 3.90. The minimum atomic E-state index is 0.682. The molecular weight excluding hydrogens is 265 g/mol. The van der Waals surface area contributed by atoms with Crippen LogP contribution in [-0.2, 0) is 4.84 Å². The lowest BCUT2D eigenvalue weighted by Crippen LogP contribution is -2.13. The van der Waals surface area contributed by atoms with Gasteiger partial charge in [-0.2, -0.15) is 0 Å². The highest BCUT2D eigenvalue weighted by molar-refractivity contribution is 9.10. The molecular formula is C10H11BrClNO. The Hall–Kier alpha value is -0.510. The molecule has 0 fully saturated rings. The van der Waals surface area contributed by atoms with E-state index in [9.17, 15) is 0 Å².